The predicted molar refractivity (Wildman–Crippen MR) is 274 cm³/mol. The van der Waals surface area contributed by atoms with E-state index in [9.17, 15) is 0 Å². The van der Waals surface area contributed by atoms with Crippen molar-refractivity contribution in [2.24, 2.45) is 25.9 Å². The van der Waals surface area contributed by atoms with Gasteiger partial charge in [-0.2, -0.15) is 20.2 Å². The van der Waals surface area contributed by atoms with Crippen LogP contribution in [0.2, 0.25) is 0 Å². The van der Waals surface area contributed by atoms with E-state index in [2.05, 4.69) is 187 Å². The summed E-state index contributed by atoms with van der Waals surface area (Å²) in [6, 6.07) is 26.5. The van der Waals surface area contributed by atoms with Crippen LogP contribution in [0.15, 0.2) is 85.2 Å². The van der Waals surface area contributed by atoms with Gasteiger partial charge in [0.15, 0.2) is 22.9 Å². The number of hydrogen-bond acceptors (Lipinski definition) is 12. The van der Waals surface area contributed by atoms with Gasteiger partial charge >= 0.3 is 0 Å². The summed E-state index contributed by atoms with van der Waals surface area (Å²) in [6.45, 7) is 19.6. The molecular formula is C53H64N14. The summed E-state index contributed by atoms with van der Waals surface area (Å²) >= 11 is 0. The van der Waals surface area contributed by atoms with Crippen LogP contribution in [-0.4, -0.2) is 64.5 Å². The Morgan fingerprint density at radius 1 is 0.582 bits per heavy atom. The van der Waals surface area contributed by atoms with Crippen LogP contribution in [0.3, 0.4) is 0 Å². The lowest BCUT2D eigenvalue weighted by Gasteiger charge is -2.37. The Kier molecular flexibility index (Phi) is 12.7. The van der Waals surface area contributed by atoms with Gasteiger partial charge < -0.3 is 26.6 Å². The highest BCUT2D eigenvalue weighted by Gasteiger charge is 2.28. The number of aryl methyl sites for hydroxylation is 6. The van der Waals surface area contributed by atoms with Crippen LogP contribution < -0.4 is 26.6 Å². The Hall–Kier alpha value is -6.90. The molecule has 0 bridgehead atoms. The van der Waals surface area contributed by atoms with E-state index in [1.807, 2.05) is 26.5 Å². The fourth-order valence-corrected chi connectivity index (χ4v) is 9.87. The van der Waals surface area contributed by atoms with Gasteiger partial charge in [-0.1, -0.05) is 76.2 Å². The number of likely N-dealkylation sites (N-methyl/N-ethyl adjacent to an activating group) is 1. The molecule has 0 saturated heterocycles. The van der Waals surface area contributed by atoms with Crippen molar-refractivity contribution in [1.82, 2.24) is 49.7 Å². The molecule has 0 spiro atoms. The summed E-state index contributed by atoms with van der Waals surface area (Å²) < 4.78 is 3.60. The molecule has 6 heterocycles. The van der Waals surface area contributed by atoms with E-state index in [4.69, 9.17) is 9.97 Å². The molecule has 4 aromatic heterocycles. The molecule has 5 N–H and O–H groups in total. The summed E-state index contributed by atoms with van der Waals surface area (Å²) in [6.07, 6.45) is 5.83. The Morgan fingerprint density at radius 2 is 1.06 bits per heavy atom. The monoisotopic (exact) mass is 897 g/mol. The number of fused-ring (bicyclic) bond motifs is 4. The minimum absolute atomic E-state index is 0.370. The molecule has 0 amide bonds. The SMILES string of the molecule is Cc1cccc(C)c1Nc1nn(C)c2nc(Nc3ccc4c(c3)C(C(C)C)N(C)CC4)ncc12.Cc1cccc(C)c1Nc1nn(C)c2nc(Nc3ccc4c(c3)C(C(C)C)NCC4)ncc12. The van der Waals surface area contributed by atoms with Crippen LogP contribution in [0.25, 0.3) is 22.1 Å². The van der Waals surface area contributed by atoms with E-state index >= 15 is 0 Å². The number of para-hydroxylation sites is 2. The summed E-state index contributed by atoms with van der Waals surface area (Å²) in [7, 11) is 6.04. The predicted octanol–water partition coefficient (Wildman–Crippen LogP) is 11.0. The van der Waals surface area contributed by atoms with Crippen LogP contribution in [0.4, 0.5) is 46.3 Å². The molecule has 4 aromatic carbocycles. The van der Waals surface area contributed by atoms with Gasteiger partial charge in [0.1, 0.15) is 0 Å². The van der Waals surface area contributed by atoms with Crippen molar-refractivity contribution < 1.29 is 0 Å². The average Bonchev–Trinajstić information content (AvgIpc) is 3.78. The van der Waals surface area contributed by atoms with E-state index in [0.717, 1.165) is 82.4 Å². The number of nitrogens with one attached hydrogen (secondary N) is 5. The molecule has 2 unspecified atom stereocenters. The largest absolute Gasteiger partial charge is 0.338 e. The second-order valence-corrected chi connectivity index (χ2v) is 19.0. The van der Waals surface area contributed by atoms with E-state index in [1.165, 1.54) is 44.5 Å². The molecular weight excluding hydrogens is 833 g/mol. The van der Waals surface area contributed by atoms with Crippen LogP contribution in [0.1, 0.15) is 84.3 Å². The quantitative estimate of drug-likeness (QED) is 0.0889. The van der Waals surface area contributed by atoms with Crippen molar-refractivity contribution in [2.75, 3.05) is 41.4 Å². The normalized spacial score (nSPS) is 15.9. The molecule has 0 saturated carbocycles. The third-order valence-electron chi connectivity index (χ3n) is 13.3. The Bertz CT molecular complexity index is 3050. The molecule has 14 nitrogen and oxygen atoms in total. The first-order valence-electron chi connectivity index (χ1n) is 23.5. The second-order valence-electron chi connectivity index (χ2n) is 19.0. The highest BCUT2D eigenvalue weighted by Crippen LogP contribution is 2.37. The molecule has 2 aliphatic rings. The van der Waals surface area contributed by atoms with Gasteiger partial charge in [-0.15, -0.1) is 0 Å². The molecule has 0 aliphatic carbocycles. The van der Waals surface area contributed by atoms with Gasteiger partial charge in [0.2, 0.25) is 11.9 Å². The second kappa shape index (κ2) is 18.8. The molecule has 8 aromatic rings. The molecule has 2 aliphatic heterocycles. The van der Waals surface area contributed by atoms with E-state index in [0.29, 0.717) is 35.8 Å². The number of hydrogen-bond donors (Lipinski definition) is 5. The zero-order chi connectivity index (χ0) is 47.1. The fraction of sp³-hybridized carbons (Fsp3) is 0.358. The molecule has 2 atom stereocenters. The number of rotatable bonds is 10. The van der Waals surface area contributed by atoms with Gasteiger partial charge in [0.25, 0.3) is 0 Å². The summed E-state index contributed by atoms with van der Waals surface area (Å²) in [5.41, 5.74) is 16.0. The zero-order valence-electron chi connectivity index (χ0n) is 40.7. The molecule has 10 rings (SSSR count). The van der Waals surface area contributed by atoms with Crippen LogP contribution in [0, 0.1) is 39.5 Å². The lowest BCUT2D eigenvalue weighted by molar-refractivity contribution is 0.181. The first-order chi connectivity index (χ1) is 32.2. The first-order valence-corrected chi connectivity index (χ1v) is 23.5. The number of benzene rings is 4. The van der Waals surface area contributed by atoms with Gasteiger partial charge in [-0.3, -0.25) is 4.90 Å². The number of aromatic nitrogens is 8. The van der Waals surface area contributed by atoms with Crippen molar-refractivity contribution in [3.63, 3.8) is 0 Å². The average molecular weight is 897 g/mol. The molecule has 346 valence electrons. The number of anilines is 8. The highest BCUT2D eigenvalue weighted by molar-refractivity contribution is 5.91. The Balaban J connectivity index is 0.000000168. The topological polar surface area (TPSA) is 151 Å². The Morgan fingerprint density at radius 3 is 1.54 bits per heavy atom. The van der Waals surface area contributed by atoms with Crippen LogP contribution in [-0.2, 0) is 26.9 Å². The third kappa shape index (κ3) is 9.28. The Labute approximate surface area is 394 Å². The van der Waals surface area contributed by atoms with Crippen molar-refractivity contribution in [1.29, 1.82) is 0 Å². The lowest BCUT2D eigenvalue weighted by atomic mass is 9.86. The van der Waals surface area contributed by atoms with Gasteiger partial charge in [-0.05, 0) is 135 Å². The first kappa shape index (κ1) is 45.3. The maximum Gasteiger partial charge on any atom is 0.229 e. The molecule has 0 radical (unpaired) electrons. The minimum atomic E-state index is 0.370. The van der Waals surface area contributed by atoms with Crippen molar-refractivity contribution in [3.8, 4) is 0 Å². The number of nitrogens with zero attached hydrogens (tertiary/aromatic N) is 9. The smallest absolute Gasteiger partial charge is 0.229 e. The van der Waals surface area contributed by atoms with Crippen molar-refractivity contribution in [3.05, 3.63) is 130 Å². The van der Waals surface area contributed by atoms with Crippen LogP contribution >= 0.6 is 0 Å². The van der Waals surface area contributed by atoms with E-state index in [1.54, 1.807) is 9.36 Å². The summed E-state index contributed by atoms with van der Waals surface area (Å²) in [5.74, 6) is 3.73. The summed E-state index contributed by atoms with van der Waals surface area (Å²) in [5, 5.41) is 28.6. The third-order valence-corrected chi connectivity index (χ3v) is 13.3. The molecule has 67 heavy (non-hydrogen) atoms. The lowest BCUT2D eigenvalue weighted by Crippen LogP contribution is -2.35. The van der Waals surface area contributed by atoms with Crippen molar-refractivity contribution >= 4 is 68.3 Å². The molecule has 0 fully saturated rings. The van der Waals surface area contributed by atoms with E-state index in [-0.39, 0.29) is 0 Å². The zero-order valence-corrected chi connectivity index (χ0v) is 40.7. The maximum absolute atomic E-state index is 4.79. The maximum atomic E-state index is 4.79. The van der Waals surface area contributed by atoms with Crippen molar-refractivity contribution in [2.45, 2.75) is 80.3 Å². The fourth-order valence-electron chi connectivity index (χ4n) is 9.87. The molecule has 14 heteroatoms. The van der Waals surface area contributed by atoms with Gasteiger partial charge in [0, 0.05) is 67.9 Å². The summed E-state index contributed by atoms with van der Waals surface area (Å²) in [4.78, 5) is 21.2. The van der Waals surface area contributed by atoms with Gasteiger partial charge in [0.05, 0.1) is 10.8 Å². The highest BCUT2D eigenvalue weighted by atomic mass is 15.3. The van der Waals surface area contributed by atoms with E-state index < -0.39 is 0 Å². The minimum Gasteiger partial charge on any atom is -0.338 e. The van der Waals surface area contributed by atoms with Crippen LogP contribution in [0.5, 0.6) is 0 Å². The standard InChI is InChI=1S/C27H33N7.C26H31N7/c1-16(2)24-21-14-20(11-10-19(21)12-13-33(24)5)29-27-28-15-22-25(32-34(6)26(22)31-27)30-23-17(3)8-7-9-18(23)4;1-15(2)22-20-13-19(10-9-18(20)11-12-27-22)29-26-28-14-21-24(32-33(5)25(21)31-26)30-23-16(3)7-6-8-17(23)4/h7-11,14-16,24H,12-13H2,1-6H3,(H,30,32)(H,28,29,31);6-10,13-15,22,27H,11-12H2,1-5H3,(H,30,32)(H,28,29,31). The van der Waals surface area contributed by atoms with Gasteiger partial charge in [-0.25, -0.2) is 19.3 Å².